The molecule has 4 rings (SSSR count). The van der Waals surface area contributed by atoms with E-state index in [0.717, 1.165) is 56.1 Å². The summed E-state index contributed by atoms with van der Waals surface area (Å²) >= 11 is 0. The Hall–Kier alpha value is -1.63. The first-order chi connectivity index (χ1) is 12.7. The van der Waals surface area contributed by atoms with Crippen molar-refractivity contribution in [2.45, 2.75) is 71.0 Å². The van der Waals surface area contributed by atoms with Crippen LogP contribution in [0.5, 0.6) is 0 Å². The summed E-state index contributed by atoms with van der Waals surface area (Å²) in [6.45, 7) is 9.43. The first-order valence-corrected chi connectivity index (χ1v) is 10.4. The molecule has 0 amide bonds. The van der Waals surface area contributed by atoms with Gasteiger partial charge < -0.3 is 20.1 Å². The number of nitrogens with zero attached hydrogens (tertiary/aromatic N) is 5. The zero-order valence-corrected chi connectivity index (χ0v) is 16.2. The van der Waals surface area contributed by atoms with Crippen LogP contribution in [0.2, 0.25) is 0 Å². The number of aliphatic imine (C=N–C) groups is 1. The highest BCUT2D eigenvalue weighted by Gasteiger charge is 2.32. The summed E-state index contributed by atoms with van der Waals surface area (Å²) in [7, 11) is 0. The van der Waals surface area contributed by atoms with E-state index in [9.17, 15) is 0 Å². The van der Waals surface area contributed by atoms with Crippen LogP contribution >= 0.6 is 0 Å². The third kappa shape index (κ3) is 4.19. The number of fused-ring (bicyclic) bond motifs is 1. The van der Waals surface area contributed by atoms with E-state index in [1.165, 1.54) is 38.8 Å². The van der Waals surface area contributed by atoms with Crippen LogP contribution in [0.15, 0.2) is 4.99 Å². The van der Waals surface area contributed by atoms with E-state index in [0.29, 0.717) is 12.0 Å². The van der Waals surface area contributed by atoms with Crippen LogP contribution in [0.4, 0.5) is 0 Å². The van der Waals surface area contributed by atoms with Gasteiger partial charge in [0.2, 0.25) is 0 Å². The molecule has 144 valence electrons. The molecule has 2 N–H and O–H groups in total. The van der Waals surface area contributed by atoms with Gasteiger partial charge in [0.1, 0.15) is 11.6 Å². The average molecular weight is 360 g/mol. The molecule has 1 aromatic heterocycles. The Morgan fingerprint density at radius 2 is 1.96 bits per heavy atom. The van der Waals surface area contributed by atoms with Crippen LogP contribution in [0.25, 0.3) is 0 Å². The zero-order chi connectivity index (χ0) is 17.9. The van der Waals surface area contributed by atoms with Crippen molar-refractivity contribution in [3.05, 3.63) is 11.6 Å². The van der Waals surface area contributed by atoms with Crippen molar-refractivity contribution >= 4 is 5.96 Å². The Balaban J connectivity index is 1.29. The van der Waals surface area contributed by atoms with Crippen molar-refractivity contribution in [2.24, 2.45) is 10.9 Å². The standard InChI is InChI=1S/C19H33N7/c1-3-20-19(22-16-8-10-25(11-9-16)17-5-6-17)21-12-15-4-7-18-24-23-14(2)26(18)13-15/h15-17H,3-13H2,1-2H3,(H2,20,21,22). The van der Waals surface area contributed by atoms with Crippen molar-refractivity contribution in [1.82, 2.24) is 30.3 Å². The van der Waals surface area contributed by atoms with Gasteiger partial charge in [0.15, 0.2) is 5.96 Å². The van der Waals surface area contributed by atoms with E-state index in [2.05, 4.69) is 37.2 Å². The number of hydrogen-bond donors (Lipinski definition) is 2. The normalized spacial score (nSPS) is 25.2. The second-order valence-corrected chi connectivity index (χ2v) is 8.08. The molecule has 3 heterocycles. The number of nitrogens with one attached hydrogen (secondary N) is 2. The van der Waals surface area contributed by atoms with Crippen LogP contribution in [-0.2, 0) is 13.0 Å². The van der Waals surface area contributed by atoms with Gasteiger partial charge in [-0.1, -0.05) is 0 Å². The fraction of sp³-hybridized carbons (Fsp3) is 0.842. The third-order valence-corrected chi connectivity index (χ3v) is 6.01. The van der Waals surface area contributed by atoms with Gasteiger partial charge in [0.05, 0.1) is 0 Å². The third-order valence-electron chi connectivity index (χ3n) is 6.01. The summed E-state index contributed by atoms with van der Waals surface area (Å²) in [6.07, 6.45) is 7.46. The largest absolute Gasteiger partial charge is 0.357 e. The average Bonchev–Trinajstić information content (AvgIpc) is 3.45. The number of guanidine groups is 1. The highest BCUT2D eigenvalue weighted by atomic mass is 15.3. The Bertz CT molecular complexity index is 626. The first-order valence-electron chi connectivity index (χ1n) is 10.4. The number of piperidine rings is 1. The summed E-state index contributed by atoms with van der Waals surface area (Å²) in [5.74, 6) is 3.73. The predicted molar refractivity (Wildman–Crippen MR) is 103 cm³/mol. The minimum atomic E-state index is 0.556. The lowest BCUT2D eigenvalue weighted by atomic mass is 9.99. The molecular formula is C19H33N7. The lowest BCUT2D eigenvalue weighted by molar-refractivity contribution is 0.197. The highest BCUT2D eigenvalue weighted by molar-refractivity contribution is 5.80. The number of hydrogen-bond acceptors (Lipinski definition) is 4. The van der Waals surface area contributed by atoms with Gasteiger partial charge in [0.25, 0.3) is 0 Å². The number of rotatable bonds is 5. The first kappa shape index (κ1) is 17.8. The van der Waals surface area contributed by atoms with Crippen molar-refractivity contribution < 1.29 is 0 Å². The SMILES string of the molecule is CCNC(=NCC1CCc2nnc(C)n2C1)NC1CCN(C2CC2)CC1. The Morgan fingerprint density at radius 1 is 1.15 bits per heavy atom. The van der Waals surface area contributed by atoms with Crippen LogP contribution < -0.4 is 10.6 Å². The maximum atomic E-state index is 4.91. The van der Waals surface area contributed by atoms with Gasteiger partial charge in [-0.3, -0.25) is 4.99 Å². The quantitative estimate of drug-likeness (QED) is 0.613. The summed E-state index contributed by atoms with van der Waals surface area (Å²) in [5, 5.41) is 15.6. The maximum Gasteiger partial charge on any atom is 0.191 e. The van der Waals surface area contributed by atoms with E-state index in [4.69, 9.17) is 4.99 Å². The molecule has 26 heavy (non-hydrogen) atoms. The van der Waals surface area contributed by atoms with Crippen molar-refractivity contribution in [1.29, 1.82) is 0 Å². The molecule has 7 heteroatoms. The minimum absolute atomic E-state index is 0.556. The molecule has 1 atom stereocenters. The summed E-state index contributed by atoms with van der Waals surface area (Å²) in [5.41, 5.74) is 0. The Morgan fingerprint density at radius 3 is 2.69 bits per heavy atom. The van der Waals surface area contributed by atoms with Gasteiger partial charge in [-0.05, 0) is 51.9 Å². The van der Waals surface area contributed by atoms with Crippen LogP contribution in [0.1, 0.15) is 50.7 Å². The molecule has 1 unspecified atom stereocenters. The molecule has 1 saturated heterocycles. The highest BCUT2D eigenvalue weighted by Crippen LogP contribution is 2.29. The van der Waals surface area contributed by atoms with Crippen molar-refractivity contribution in [3.63, 3.8) is 0 Å². The van der Waals surface area contributed by atoms with E-state index >= 15 is 0 Å². The van der Waals surface area contributed by atoms with Gasteiger partial charge in [-0.2, -0.15) is 0 Å². The van der Waals surface area contributed by atoms with Crippen molar-refractivity contribution in [3.8, 4) is 0 Å². The fourth-order valence-corrected chi connectivity index (χ4v) is 4.26. The van der Waals surface area contributed by atoms with E-state index in [-0.39, 0.29) is 0 Å². The molecule has 3 aliphatic rings. The van der Waals surface area contributed by atoms with Crippen LogP contribution in [0.3, 0.4) is 0 Å². The van der Waals surface area contributed by atoms with Gasteiger partial charge in [-0.25, -0.2) is 0 Å². The van der Waals surface area contributed by atoms with Crippen molar-refractivity contribution in [2.75, 3.05) is 26.2 Å². The monoisotopic (exact) mass is 359 g/mol. The smallest absolute Gasteiger partial charge is 0.191 e. The molecule has 2 fully saturated rings. The molecule has 2 aliphatic heterocycles. The number of likely N-dealkylation sites (tertiary alicyclic amines) is 1. The molecule has 1 saturated carbocycles. The lowest BCUT2D eigenvalue weighted by Crippen LogP contribution is -2.49. The lowest BCUT2D eigenvalue weighted by Gasteiger charge is -2.33. The summed E-state index contributed by atoms with van der Waals surface area (Å²) < 4.78 is 2.26. The Kier molecular flexibility index (Phi) is 5.43. The maximum absolute atomic E-state index is 4.91. The summed E-state index contributed by atoms with van der Waals surface area (Å²) in [6, 6.07) is 1.45. The molecule has 0 radical (unpaired) electrons. The van der Waals surface area contributed by atoms with E-state index in [1.807, 2.05) is 6.92 Å². The van der Waals surface area contributed by atoms with Crippen LogP contribution in [-0.4, -0.2) is 63.9 Å². The topological polar surface area (TPSA) is 70.4 Å². The molecule has 7 nitrogen and oxygen atoms in total. The van der Waals surface area contributed by atoms with Gasteiger partial charge in [-0.15, -0.1) is 10.2 Å². The molecule has 0 spiro atoms. The predicted octanol–water partition coefficient (Wildman–Crippen LogP) is 1.33. The minimum Gasteiger partial charge on any atom is -0.357 e. The molecule has 0 bridgehead atoms. The van der Waals surface area contributed by atoms with Gasteiger partial charge in [0, 0.05) is 51.2 Å². The second kappa shape index (κ2) is 7.94. The Labute approximate surface area is 156 Å². The van der Waals surface area contributed by atoms with E-state index < -0.39 is 0 Å². The van der Waals surface area contributed by atoms with Gasteiger partial charge >= 0.3 is 0 Å². The second-order valence-electron chi connectivity index (χ2n) is 8.08. The number of aromatic nitrogens is 3. The van der Waals surface area contributed by atoms with E-state index in [1.54, 1.807) is 0 Å². The zero-order valence-electron chi connectivity index (χ0n) is 16.2. The molecular weight excluding hydrogens is 326 g/mol. The number of aryl methyl sites for hydroxylation is 2. The molecule has 1 aromatic rings. The molecule has 0 aromatic carbocycles. The molecule has 1 aliphatic carbocycles. The summed E-state index contributed by atoms with van der Waals surface area (Å²) in [4.78, 5) is 7.58. The fourth-order valence-electron chi connectivity index (χ4n) is 4.26. The van der Waals surface area contributed by atoms with Crippen LogP contribution in [0, 0.1) is 12.8 Å².